The number of nitrogens with one attached hydrogen (secondary N) is 1. The van der Waals surface area contributed by atoms with E-state index in [1.54, 1.807) is 0 Å². The highest BCUT2D eigenvalue weighted by Crippen LogP contribution is 2.35. The van der Waals surface area contributed by atoms with Gasteiger partial charge in [0, 0.05) is 0 Å². The number of hydrogen-bond donors (Lipinski definition) is 2. The highest BCUT2D eigenvalue weighted by Gasteiger charge is 2.31. The molecule has 1 aromatic carbocycles. The van der Waals surface area contributed by atoms with E-state index in [9.17, 15) is 22.8 Å². The van der Waals surface area contributed by atoms with Crippen LogP contribution >= 0.6 is 0 Å². The minimum atomic E-state index is -4.59. The molecule has 1 heterocycles. The molecule has 2 aromatic rings. The molecule has 2 N–H and O–H groups in total. The maximum atomic E-state index is 12.9. The number of carbonyl (C=O) groups is 2. The van der Waals surface area contributed by atoms with Crippen molar-refractivity contribution in [2.45, 2.75) is 19.5 Å². The number of hydrogen-bond acceptors (Lipinski definition) is 5. The topological polar surface area (TPSA) is 101 Å². The summed E-state index contributed by atoms with van der Waals surface area (Å²) in [6, 6.07) is 2.72. The van der Waals surface area contributed by atoms with Crippen LogP contribution in [-0.4, -0.2) is 33.6 Å². The molecule has 138 valence electrons. The highest BCUT2D eigenvalue weighted by atomic mass is 19.4. The standard InChI is InChI=1S/C16H14F3N3O4/c1-2-5-26-13-4-3-9(16(17,18)19)6-10(13)22-14(23)11-7-21-12(8-20-11)15(24)25/h3-4,6-8H,2,5H2,1H3,(H,22,23)(H,24,25). The van der Waals surface area contributed by atoms with Crippen molar-refractivity contribution >= 4 is 17.6 Å². The zero-order chi connectivity index (χ0) is 19.3. The molecule has 1 aromatic heterocycles. The third-order valence-corrected chi connectivity index (χ3v) is 3.12. The minimum absolute atomic E-state index is 0.0725. The summed E-state index contributed by atoms with van der Waals surface area (Å²) in [5.74, 6) is -2.10. The van der Waals surface area contributed by atoms with Crippen LogP contribution in [0.5, 0.6) is 5.75 Å². The molecule has 0 saturated carbocycles. The largest absolute Gasteiger partial charge is 0.491 e. The summed E-state index contributed by atoms with van der Waals surface area (Å²) < 4.78 is 44.0. The molecule has 0 radical (unpaired) electrons. The van der Waals surface area contributed by atoms with Gasteiger partial charge in [0.15, 0.2) is 5.69 Å². The van der Waals surface area contributed by atoms with Gasteiger partial charge in [0.2, 0.25) is 0 Å². The van der Waals surface area contributed by atoms with Crippen molar-refractivity contribution in [2.24, 2.45) is 0 Å². The van der Waals surface area contributed by atoms with Crippen molar-refractivity contribution in [2.75, 3.05) is 11.9 Å². The average molecular weight is 369 g/mol. The van der Waals surface area contributed by atoms with Crippen LogP contribution in [-0.2, 0) is 6.18 Å². The Balaban J connectivity index is 2.29. The lowest BCUT2D eigenvalue weighted by molar-refractivity contribution is -0.137. The molecular weight excluding hydrogens is 355 g/mol. The molecule has 0 atom stereocenters. The highest BCUT2D eigenvalue weighted by molar-refractivity contribution is 6.03. The van der Waals surface area contributed by atoms with Crippen molar-refractivity contribution in [1.29, 1.82) is 0 Å². The lowest BCUT2D eigenvalue weighted by Gasteiger charge is -2.15. The fourth-order valence-electron chi connectivity index (χ4n) is 1.88. The van der Waals surface area contributed by atoms with E-state index >= 15 is 0 Å². The van der Waals surface area contributed by atoms with Crippen molar-refractivity contribution in [3.8, 4) is 5.75 Å². The van der Waals surface area contributed by atoms with Gasteiger partial charge < -0.3 is 15.2 Å². The van der Waals surface area contributed by atoms with E-state index in [4.69, 9.17) is 9.84 Å². The molecule has 0 aliphatic rings. The van der Waals surface area contributed by atoms with Crippen molar-refractivity contribution in [3.05, 3.63) is 47.5 Å². The summed E-state index contributed by atoms with van der Waals surface area (Å²) in [7, 11) is 0. The van der Waals surface area contributed by atoms with E-state index in [0.29, 0.717) is 6.42 Å². The van der Waals surface area contributed by atoms with E-state index in [0.717, 1.165) is 30.6 Å². The van der Waals surface area contributed by atoms with Crippen LogP contribution in [0.4, 0.5) is 18.9 Å². The Labute approximate surface area is 145 Å². The summed E-state index contributed by atoms with van der Waals surface area (Å²) >= 11 is 0. The number of ether oxygens (including phenoxy) is 1. The lowest BCUT2D eigenvalue weighted by atomic mass is 10.1. The van der Waals surface area contributed by atoms with E-state index in [1.807, 2.05) is 6.92 Å². The number of amides is 1. The molecule has 0 fully saturated rings. The zero-order valence-corrected chi connectivity index (χ0v) is 13.5. The van der Waals surface area contributed by atoms with Crippen LogP contribution in [0.2, 0.25) is 0 Å². The maximum absolute atomic E-state index is 12.9. The Morgan fingerprint density at radius 1 is 1.19 bits per heavy atom. The van der Waals surface area contributed by atoms with Gasteiger partial charge in [-0.05, 0) is 24.6 Å². The molecule has 10 heteroatoms. The predicted molar refractivity (Wildman–Crippen MR) is 84.2 cm³/mol. The van der Waals surface area contributed by atoms with Gasteiger partial charge in [-0.25, -0.2) is 14.8 Å². The molecule has 7 nitrogen and oxygen atoms in total. The number of aromatic nitrogens is 2. The number of halogens is 3. The summed E-state index contributed by atoms with van der Waals surface area (Å²) in [5.41, 5.74) is -1.76. The monoisotopic (exact) mass is 369 g/mol. The predicted octanol–water partition coefficient (Wildman–Crippen LogP) is 3.23. The SMILES string of the molecule is CCCOc1ccc(C(F)(F)F)cc1NC(=O)c1cnc(C(=O)O)cn1. The van der Waals surface area contributed by atoms with E-state index in [2.05, 4.69) is 15.3 Å². The van der Waals surface area contributed by atoms with Crippen LogP contribution in [0.15, 0.2) is 30.6 Å². The Kier molecular flexibility index (Phi) is 5.75. The third-order valence-electron chi connectivity index (χ3n) is 3.12. The molecule has 0 bridgehead atoms. The number of carbonyl (C=O) groups excluding carboxylic acids is 1. The van der Waals surface area contributed by atoms with E-state index < -0.39 is 23.6 Å². The summed E-state index contributed by atoms with van der Waals surface area (Å²) in [6.07, 6.45) is -2.18. The summed E-state index contributed by atoms with van der Waals surface area (Å²) in [4.78, 5) is 30.1. The second-order valence-electron chi connectivity index (χ2n) is 5.10. The van der Waals surface area contributed by atoms with Gasteiger partial charge in [0.05, 0.1) is 30.3 Å². The Hall–Kier alpha value is -3.17. The number of nitrogens with zero attached hydrogens (tertiary/aromatic N) is 2. The van der Waals surface area contributed by atoms with Gasteiger partial charge in [0.25, 0.3) is 5.91 Å². The molecule has 26 heavy (non-hydrogen) atoms. The van der Waals surface area contributed by atoms with Crippen LogP contribution in [0.25, 0.3) is 0 Å². The fourth-order valence-corrected chi connectivity index (χ4v) is 1.88. The number of aromatic carboxylic acids is 1. The van der Waals surface area contributed by atoms with Gasteiger partial charge in [-0.15, -0.1) is 0 Å². The number of carboxylic acids is 1. The summed E-state index contributed by atoms with van der Waals surface area (Å²) in [5, 5.41) is 11.0. The molecule has 1 amide bonds. The molecule has 0 saturated heterocycles. The van der Waals surface area contributed by atoms with E-state index in [1.165, 1.54) is 0 Å². The van der Waals surface area contributed by atoms with Crippen LogP contribution in [0.3, 0.4) is 0 Å². The molecule has 0 spiro atoms. The second-order valence-corrected chi connectivity index (χ2v) is 5.10. The Bertz CT molecular complexity index is 807. The first-order valence-corrected chi connectivity index (χ1v) is 7.43. The third kappa shape index (κ3) is 4.68. The average Bonchev–Trinajstić information content (AvgIpc) is 2.59. The van der Waals surface area contributed by atoms with Crippen LogP contribution in [0.1, 0.15) is 39.9 Å². The number of benzene rings is 1. The smallest absolute Gasteiger partial charge is 0.416 e. The van der Waals surface area contributed by atoms with Crippen LogP contribution in [0, 0.1) is 0 Å². The number of anilines is 1. The van der Waals surface area contributed by atoms with Crippen LogP contribution < -0.4 is 10.1 Å². The Morgan fingerprint density at radius 2 is 1.85 bits per heavy atom. The molecule has 0 aliphatic carbocycles. The first-order chi connectivity index (χ1) is 12.2. The zero-order valence-electron chi connectivity index (χ0n) is 13.5. The van der Waals surface area contributed by atoms with Gasteiger partial charge >= 0.3 is 12.1 Å². The maximum Gasteiger partial charge on any atom is 0.416 e. The number of rotatable bonds is 6. The molecule has 2 rings (SSSR count). The lowest BCUT2D eigenvalue weighted by Crippen LogP contribution is -2.17. The normalized spacial score (nSPS) is 11.1. The summed E-state index contributed by atoms with van der Waals surface area (Å²) in [6.45, 7) is 2.07. The van der Waals surface area contributed by atoms with Crippen molar-refractivity contribution in [1.82, 2.24) is 9.97 Å². The quantitative estimate of drug-likeness (QED) is 0.811. The fraction of sp³-hybridized carbons (Fsp3) is 0.250. The van der Waals surface area contributed by atoms with Crippen molar-refractivity contribution in [3.63, 3.8) is 0 Å². The van der Waals surface area contributed by atoms with Gasteiger partial charge in [-0.1, -0.05) is 6.92 Å². The van der Waals surface area contributed by atoms with E-state index in [-0.39, 0.29) is 29.4 Å². The minimum Gasteiger partial charge on any atom is -0.491 e. The first-order valence-electron chi connectivity index (χ1n) is 7.43. The molecular formula is C16H14F3N3O4. The molecule has 0 unspecified atom stereocenters. The van der Waals surface area contributed by atoms with Gasteiger partial charge in [-0.2, -0.15) is 13.2 Å². The molecule has 0 aliphatic heterocycles. The van der Waals surface area contributed by atoms with Gasteiger partial charge in [-0.3, -0.25) is 4.79 Å². The Morgan fingerprint density at radius 3 is 2.38 bits per heavy atom. The second kappa shape index (κ2) is 7.81. The number of alkyl halides is 3. The van der Waals surface area contributed by atoms with Crippen molar-refractivity contribution < 1.29 is 32.6 Å². The van der Waals surface area contributed by atoms with Gasteiger partial charge in [0.1, 0.15) is 11.4 Å². The first kappa shape index (κ1) is 19.2. The number of carboxylic acid groups (broad SMARTS) is 1.